The number of nitrogens with two attached hydrogens (primary N) is 2. The summed E-state index contributed by atoms with van der Waals surface area (Å²) in [5.74, 6) is 4.83. The molecule has 0 spiro atoms. The number of hydrogen-bond donors (Lipinski definition) is 2. The van der Waals surface area contributed by atoms with Crippen molar-refractivity contribution in [3.8, 4) is 6.07 Å². The summed E-state index contributed by atoms with van der Waals surface area (Å²) >= 11 is 6.22. The van der Waals surface area contributed by atoms with Crippen molar-refractivity contribution in [2.75, 3.05) is 11.4 Å². The highest BCUT2D eigenvalue weighted by atomic mass is 35.5. The first kappa shape index (κ1) is 17.1. The Morgan fingerprint density at radius 2 is 2.22 bits per heavy atom. The van der Waals surface area contributed by atoms with Gasteiger partial charge < -0.3 is 10.6 Å². The number of amides is 3. The molecule has 1 atom stereocenters. The summed E-state index contributed by atoms with van der Waals surface area (Å²) < 4.78 is 0. The molecule has 7 nitrogen and oxygen atoms in total. The number of primary amides is 1. The van der Waals surface area contributed by atoms with Gasteiger partial charge in [-0.25, -0.2) is 10.6 Å². The third kappa shape index (κ3) is 3.38. The SMILES string of the molecule is Cc1c(N2CCCC2CC(=O)N(N)C(N)=O)ccc(C#N)c1Cl. The van der Waals surface area contributed by atoms with Gasteiger partial charge in [-0.2, -0.15) is 10.3 Å². The van der Waals surface area contributed by atoms with Crippen molar-refractivity contribution in [2.24, 2.45) is 11.6 Å². The Kier molecular flexibility index (Phi) is 5.08. The van der Waals surface area contributed by atoms with Crippen molar-refractivity contribution in [2.45, 2.75) is 32.2 Å². The summed E-state index contributed by atoms with van der Waals surface area (Å²) in [5, 5.41) is 9.88. The number of imide groups is 1. The number of halogens is 1. The van der Waals surface area contributed by atoms with Gasteiger partial charge in [0.25, 0.3) is 0 Å². The van der Waals surface area contributed by atoms with Crippen LogP contribution in [0.15, 0.2) is 12.1 Å². The summed E-state index contributed by atoms with van der Waals surface area (Å²) in [6.45, 7) is 2.61. The van der Waals surface area contributed by atoms with E-state index < -0.39 is 11.9 Å². The lowest BCUT2D eigenvalue weighted by atomic mass is 10.1. The maximum Gasteiger partial charge on any atom is 0.336 e. The van der Waals surface area contributed by atoms with Crippen LogP contribution in [-0.2, 0) is 4.79 Å². The number of nitriles is 1. The van der Waals surface area contributed by atoms with E-state index in [1.165, 1.54) is 0 Å². The molecule has 0 saturated carbocycles. The molecule has 8 heteroatoms. The van der Waals surface area contributed by atoms with Gasteiger partial charge >= 0.3 is 6.03 Å². The van der Waals surface area contributed by atoms with Crippen LogP contribution in [0.5, 0.6) is 0 Å². The molecule has 4 N–H and O–H groups in total. The highest BCUT2D eigenvalue weighted by molar-refractivity contribution is 6.32. The van der Waals surface area contributed by atoms with Gasteiger partial charge in [-0.15, -0.1) is 0 Å². The number of carbonyl (C=O) groups is 2. The molecule has 0 bridgehead atoms. The van der Waals surface area contributed by atoms with Gasteiger partial charge in [0.15, 0.2) is 0 Å². The zero-order chi connectivity index (χ0) is 17.1. The fourth-order valence-electron chi connectivity index (χ4n) is 2.86. The summed E-state index contributed by atoms with van der Waals surface area (Å²) in [7, 11) is 0. The molecule has 1 heterocycles. The molecule has 1 aromatic carbocycles. The monoisotopic (exact) mass is 335 g/mol. The number of rotatable bonds is 3. The van der Waals surface area contributed by atoms with E-state index in [1.807, 2.05) is 19.1 Å². The largest absolute Gasteiger partial charge is 0.368 e. The van der Waals surface area contributed by atoms with Crippen LogP contribution in [0, 0.1) is 18.3 Å². The highest BCUT2D eigenvalue weighted by Gasteiger charge is 2.30. The van der Waals surface area contributed by atoms with E-state index in [9.17, 15) is 9.59 Å². The molecule has 23 heavy (non-hydrogen) atoms. The van der Waals surface area contributed by atoms with E-state index in [4.69, 9.17) is 28.4 Å². The summed E-state index contributed by atoms with van der Waals surface area (Å²) in [4.78, 5) is 25.0. The van der Waals surface area contributed by atoms with Crippen molar-refractivity contribution in [1.29, 1.82) is 5.26 Å². The van der Waals surface area contributed by atoms with Crippen LogP contribution >= 0.6 is 11.6 Å². The number of carbonyl (C=O) groups excluding carboxylic acids is 2. The molecule has 0 aliphatic carbocycles. The van der Waals surface area contributed by atoms with E-state index in [1.54, 1.807) is 6.07 Å². The molecule has 1 aromatic rings. The van der Waals surface area contributed by atoms with E-state index in [0.717, 1.165) is 30.6 Å². The van der Waals surface area contributed by atoms with E-state index in [0.29, 0.717) is 15.6 Å². The maximum absolute atomic E-state index is 12.0. The van der Waals surface area contributed by atoms with Crippen LogP contribution in [0.1, 0.15) is 30.4 Å². The number of hydrazine groups is 1. The molecule has 0 aromatic heterocycles. The minimum Gasteiger partial charge on any atom is -0.368 e. The first-order chi connectivity index (χ1) is 10.9. The number of anilines is 1. The molecule has 122 valence electrons. The number of urea groups is 1. The Bertz CT molecular complexity index is 685. The lowest BCUT2D eigenvalue weighted by Crippen LogP contribution is -2.48. The van der Waals surface area contributed by atoms with Gasteiger partial charge in [-0.1, -0.05) is 11.6 Å². The number of hydrogen-bond acceptors (Lipinski definition) is 5. The van der Waals surface area contributed by atoms with E-state index >= 15 is 0 Å². The first-order valence-electron chi connectivity index (χ1n) is 7.19. The second kappa shape index (κ2) is 6.86. The smallest absolute Gasteiger partial charge is 0.336 e. The normalized spacial score (nSPS) is 17.0. The minimum atomic E-state index is -0.975. The van der Waals surface area contributed by atoms with Gasteiger partial charge in [-0.05, 0) is 37.5 Å². The van der Waals surface area contributed by atoms with Crippen molar-refractivity contribution in [3.05, 3.63) is 28.3 Å². The third-order valence-corrected chi connectivity index (χ3v) is 4.57. The molecule has 1 aliphatic rings. The first-order valence-corrected chi connectivity index (χ1v) is 7.57. The van der Waals surface area contributed by atoms with Crippen molar-refractivity contribution in [1.82, 2.24) is 5.01 Å². The van der Waals surface area contributed by atoms with Crippen molar-refractivity contribution < 1.29 is 9.59 Å². The Labute approximate surface area is 139 Å². The molecule has 0 radical (unpaired) electrons. The topological polar surface area (TPSA) is 116 Å². The average Bonchev–Trinajstić information content (AvgIpc) is 2.96. The van der Waals surface area contributed by atoms with E-state index in [-0.39, 0.29) is 12.5 Å². The van der Waals surface area contributed by atoms with Gasteiger partial charge in [-0.3, -0.25) is 4.79 Å². The summed E-state index contributed by atoms with van der Waals surface area (Å²) in [6, 6.07) is 4.48. The maximum atomic E-state index is 12.0. The van der Waals surface area contributed by atoms with Crippen molar-refractivity contribution in [3.63, 3.8) is 0 Å². The second-order valence-electron chi connectivity index (χ2n) is 5.48. The molecular formula is C15H18ClN5O2. The van der Waals surface area contributed by atoms with Gasteiger partial charge in [0.2, 0.25) is 5.91 Å². The Balaban J connectivity index is 2.23. The molecule has 1 aliphatic heterocycles. The van der Waals surface area contributed by atoms with Crippen LogP contribution < -0.4 is 16.5 Å². The predicted molar refractivity (Wildman–Crippen MR) is 86.5 cm³/mol. The van der Waals surface area contributed by atoms with Crippen LogP contribution in [0.4, 0.5) is 10.5 Å². The molecule has 1 unspecified atom stereocenters. The average molecular weight is 336 g/mol. The Morgan fingerprint density at radius 3 is 2.83 bits per heavy atom. The van der Waals surface area contributed by atoms with E-state index in [2.05, 4.69) is 4.90 Å². The zero-order valence-corrected chi connectivity index (χ0v) is 13.5. The van der Waals surface area contributed by atoms with Crippen LogP contribution in [0.25, 0.3) is 0 Å². The molecule has 1 saturated heterocycles. The summed E-state index contributed by atoms with van der Waals surface area (Å²) in [5.41, 5.74) is 7.11. The lowest BCUT2D eigenvalue weighted by Gasteiger charge is -2.29. The number of nitrogens with zero attached hydrogens (tertiary/aromatic N) is 3. The third-order valence-electron chi connectivity index (χ3n) is 4.08. The van der Waals surface area contributed by atoms with Gasteiger partial charge in [0.05, 0.1) is 10.6 Å². The minimum absolute atomic E-state index is 0.0874. The standard InChI is InChI=1S/C15H18ClN5O2/c1-9-12(5-4-10(8-17)14(9)16)20-6-2-3-11(20)7-13(22)21(19)15(18)23/h4-5,11H,2-3,6-7,19H2,1H3,(H2,18,23). The predicted octanol–water partition coefficient (Wildman–Crippen LogP) is 1.66. The van der Waals surface area contributed by atoms with Crippen LogP contribution in [0.2, 0.25) is 5.02 Å². The Hall–Kier alpha value is -2.30. The summed E-state index contributed by atoms with van der Waals surface area (Å²) in [6.07, 6.45) is 1.81. The second-order valence-corrected chi connectivity index (χ2v) is 5.86. The highest BCUT2D eigenvalue weighted by Crippen LogP contribution is 2.34. The van der Waals surface area contributed by atoms with Gasteiger partial charge in [0.1, 0.15) is 6.07 Å². The molecule has 2 rings (SSSR count). The van der Waals surface area contributed by atoms with Gasteiger partial charge in [0, 0.05) is 24.7 Å². The van der Waals surface area contributed by atoms with Crippen molar-refractivity contribution >= 4 is 29.2 Å². The number of benzene rings is 1. The fraction of sp³-hybridized carbons (Fsp3) is 0.400. The van der Waals surface area contributed by atoms with Crippen LogP contribution in [0.3, 0.4) is 0 Å². The molecular weight excluding hydrogens is 318 g/mol. The molecule has 1 fully saturated rings. The zero-order valence-electron chi connectivity index (χ0n) is 12.8. The molecule has 3 amide bonds. The fourth-order valence-corrected chi connectivity index (χ4v) is 3.06. The Morgan fingerprint density at radius 1 is 1.52 bits per heavy atom. The quantitative estimate of drug-likeness (QED) is 0.495. The lowest BCUT2D eigenvalue weighted by molar-refractivity contribution is -0.128. The van der Waals surface area contributed by atoms with Crippen LogP contribution in [-0.4, -0.2) is 29.5 Å².